The number of hydrogen-bond donors (Lipinski definition) is 0. The van der Waals surface area contributed by atoms with Crippen molar-refractivity contribution in [3.05, 3.63) is 95.1 Å². The van der Waals surface area contributed by atoms with Gasteiger partial charge in [0.25, 0.3) is 0 Å². The fourth-order valence-electron chi connectivity index (χ4n) is 5.82. The van der Waals surface area contributed by atoms with Crippen molar-refractivity contribution in [1.29, 1.82) is 0 Å². The maximum atomic E-state index is 2.55. The van der Waals surface area contributed by atoms with Gasteiger partial charge in [-0.05, 0) is 75.2 Å². The van der Waals surface area contributed by atoms with E-state index in [0.29, 0.717) is 11.8 Å². The average molecular weight is 447 g/mol. The normalized spacial score (nSPS) is 15.9. The van der Waals surface area contributed by atoms with E-state index in [-0.39, 0.29) is 5.41 Å². The van der Waals surface area contributed by atoms with E-state index in [0.717, 1.165) is 6.67 Å². The van der Waals surface area contributed by atoms with Crippen LogP contribution in [0.2, 0.25) is 0 Å². The van der Waals surface area contributed by atoms with Gasteiger partial charge >= 0.3 is 0 Å². The SMILES string of the molecule is CC(C)c1cc(C(C)C)cc(N2CN3c4cc5ccccc5cc4C(C)(C)c4cccc2c43)c1. The monoisotopic (exact) mass is 446 g/mol. The molecule has 0 amide bonds. The summed E-state index contributed by atoms with van der Waals surface area (Å²) in [7, 11) is 0. The first-order chi connectivity index (χ1) is 16.3. The van der Waals surface area contributed by atoms with Gasteiger partial charge in [0, 0.05) is 16.8 Å². The van der Waals surface area contributed by atoms with E-state index in [4.69, 9.17) is 0 Å². The van der Waals surface area contributed by atoms with Gasteiger partial charge in [0.15, 0.2) is 0 Å². The second kappa shape index (κ2) is 7.37. The molecule has 0 radical (unpaired) electrons. The Morgan fingerprint density at radius 2 is 1.29 bits per heavy atom. The van der Waals surface area contributed by atoms with Crippen molar-refractivity contribution in [2.45, 2.75) is 58.8 Å². The Balaban J connectivity index is 1.57. The number of fused-ring (bicyclic) bond motifs is 3. The van der Waals surface area contributed by atoms with Crippen molar-refractivity contribution in [3.8, 4) is 0 Å². The lowest BCUT2D eigenvalue weighted by molar-refractivity contribution is 0.630. The lowest BCUT2D eigenvalue weighted by Gasteiger charge is -2.39. The van der Waals surface area contributed by atoms with Crippen LogP contribution in [0.3, 0.4) is 0 Å². The van der Waals surface area contributed by atoms with Crippen LogP contribution in [0.4, 0.5) is 22.7 Å². The Kier molecular flexibility index (Phi) is 4.61. The van der Waals surface area contributed by atoms with Crippen LogP contribution in [0.15, 0.2) is 72.8 Å². The number of benzene rings is 4. The van der Waals surface area contributed by atoms with E-state index in [2.05, 4.69) is 124 Å². The maximum absolute atomic E-state index is 2.55. The minimum absolute atomic E-state index is 0.0555. The predicted molar refractivity (Wildman–Crippen MR) is 146 cm³/mol. The first-order valence-corrected chi connectivity index (χ1v) is 12.6. The molecule has 0 spiro atoms. The highest BCUT2D eigenvalue weighted by molar-refractivity contribution is 5.97. The molecule has 2 aliphatic rings. The highest BCUT2D eigenvalue weighted by atomic mass is 15.4. The zero-order valence-electron chi connectivity index (χ0n) is 21.2. The summed E-state index contributed by atoms with van der Waals surface area (Å²) in [6.45, 7) is 14.8. The smallest absolute Gasteiger partial charge is 0.100 e. The van der Waals surface area contributed by atoms with E-state index < -0.39 is 0 Å². The number of nitrogens with zero attached hydrogens (tertiary/aromatic N) is 2. The molecule has 34 heavy (non-hydrogen) atoms. The molecule has 2 heteroatoms. The van der Waals surface area contributed by atoms with Gasteiger partial charge in [-0.3, -0.25) is 0 Å². The molecule has 0 fully saturated rings. The van der Waals surface area contributed by atoms with Gasteiger partial charge in [-0.2, -0.15) is 0 Å². The van der Waals surface area contributed by atoms with Gasteiger partial charge in [-0.15, -0.1) is 0 Å². The third kappa shape index (κ3) is 3.01. The van der Waals surface area contributed by atoms with Crippen LogP contribution in [0, 0.1) is 0 Å². The van der Waals surface area contributed by atoms with Crippen LogP contribution >= 0.6 is 0 Å². The Bertz CT molecular complexity index is 1400. The maximum Gasteiger partial charge on any atom is 0.100 e. The average Bonchev–Trinajstić information content (AvgIpc) is 3.22. The molecular weight excluding hydrogens is 412 g/mol. The fourth-order valence-corrected chi connectivity index (χ4v) is 5.82. The number of para-hydroxylation sites is 1. The fraction of sp³-hybridized carbons (Fsp3) is 0.312. The van der Waals surface area contributed by atoms with Gasteiger partial charge in [0.05, 0.1) is 11.4 Å². The first kappa shape index (κ1) is 21.3. The van der Waals surface area contributed by atoms with Crippen LogP contribution in [0.25, 0.3) is 10.8 Å². The topological polar surface area (TPSA) is 6.48 Å². The molecule has 2 heterocycles. The largest absolute Gasteiger partial charge is 0.321 e. The summed E-state index contributed by atoms with van der Waals surface area (Å²) >= 11 is 0. The van der Waals surface area contributed by atoms with Gasteiger partial charge in [-0.25, -0.2) is 0 Å². The zero-order chi connectivity index (χ0) is 23.8. The van der Waals surface area contributed by atoms with Gasteiger partial charge in [0.1, 0.15) is 6.67 Å². The van der Waals surface area contributed by atoms with Crippen molar-refractivity contribution in [3.63, 3.8) is 0 Å². The summed E-state index contributed by atoms with van der Waals surface area (Å²) in [5.41, 5.74) is 10.9. The Morgan fingerprint density at radius 3 is 1.94 bits per heavy atom. The van der Waals surface area contributed by atoms with Crippen LogP contribution in [0.5, 0.6) is 0 Å². The molecule has 0 unspecified atom stereocenters. The molecule has 4 aromatic carbocycles. The second-order valence-electron chi connectivity index (χ2n) is 11.2. The van der Waals surface area contributed by atoms with Crippen molar-refractivity contribution in [1.82, 2.24) is 0 Å². The van der Waals surface area contributed by atoms with Gasteiger partial charge in [0.2, 0.25) is 0 Å². The van der Waals surface area contributed by atoms with Crippen molar-refractivity contribution in [2.75, 3.05) is 16.5 Å². The van der Waals surface area contributed by atoms with E-state index in [1.54, 1.807) is 0 Å². The molecule has 2 nitrogen and oxygen atoms in total. The van der Waals surface area contributed by atoms with Crippen LogP contribution in [-0.2, 0) is 5.41 Å². The summed E-state index contributed by atoms with van der Waals surface area (Å²) in [5.74, 6) is 1.01. The minimum Gasteiger partial charge on any atom is -0.321 e. The quantitative estimate of drug-likeness (QED) is 0.310. The highest BCUT2D eigenvalue weighted by Gasteiger charge is 2.42. The molecule has 0 bridgehead atoms. The molecule has 0 aromatic heterocycles. The van der Waals surface area contributed by atoms with Crippen LogP contribution in [0.1, 0.15) is 75.6 Å². The Morgan fingerprint density at radius 1 is 0.647 bits per heavy atom. The lowest BCUT2D eigenvalue weighted by atomic mass is 9.73. The first-order valence-electron chi connectivity index (χ1n) is 12.6. The molecule has 6 rings (SSSR count). The van der Waals surface area contributed by atoms with Crippen LogP contribution in [-0.4, -0.2) is 6.67 Å². The van der Waals surface area contributed by atoms with E-state index in [1.165, 1.54) is 55.8 Å². The number of anilines is 4. The lowest BCUT2D eigenvalue weighted by Crippen LogP contribution is -2.32. The second-order valence-corrected chi connectivity index (χ2v) is 11.2. The van der Waals surface area contributed by atoms with Crippen LogP contribution < -0.4 is 9.80 Å². The molecule has 2 aliphatic heterocycles. The third-order valence-corrected chi connectivity index (χ3v) is 7.97. The number of rotatable bonds is 3. The molecule has 0 atom stereocenters. The van der Waals surface area contributed by atoms with Crippen molar-refractivity contribution in [2.24, 2.45) is 0 Å². The van der Waals surface area contributed by atoms with Crippen molar-refractivity contribution < 1.29 is 0 Å². The highest BCUT2D eigenvalue weighted by Crippen LogP contribution is 2.57. The van der Waals surface area contributed by atoms with E-state index in [9.17, 15) is 0 Å². The molecular formula is C32H34N2. The van der Waals surface area contributed by atoms with Crippen molar-refractivity contribution >= 4 is 33.5 Å². The number of hydrogen-bond acceptors (Lipinski definition) is 2. The Labute approximate surface area is 203 Å². The summed E-state index contributed by atoms with van der Waals surface area (Å²) in [4.78, 5) is 5.08. The summed E-state index contributed by atoms with van der Waals surface area (Å²) in [6, 6.07) is 27.7. The molecule has 172 valence electrons. The van der Waals surface area contributed by atoms with E-state index in [1.807, 2.05) is 0 Å². The van der Waals surface area contributed by atoms with E-state index >= 15 is 0 Å². The molecule has 4 aromatic rings. The molecule has 0 N–H and O–H groups in total. The summed E-state index contributed by atoms with van der Waals surface area (Å²) < 4.78 is 0. The molecule has 0 aliphatic carbocycles. The Hall–Kier alpha value is -3.26. The van der Waals surface area contributed by atoms with Gasteiger partial charge in [-0.1, -0.05) is 84.0 Å². The minimum atomic E-state index is -0.0555. The standard InChI is InChI=1S/C32H34N2/c1-20(2)24-14-25(21(3)4)16-26(15-24)33-19-34-30-18-23-11-8-7-10-22(23)17-28(30)32(5,6)27-12-9-13-29(33)31(27)34/h7-18,20-21H,19H2,1-6H3. The van der Waals surface area contributed by atoms with Gasteiger partial charge < -0.3 is 9.80 Å². The predicted octanol–water partition coefficient (Wildman–Crippen LogP) is 8.97. The third-order valence-electron chi connectivity index (χ3n) is 7.97. The summed E-state index contributed by atoms with van der Waals surface area (Å²) in [5, 5.41) is 2.62. The molecule has 0 saturated heterocycles. The molecule has 0 saturated carbocycles. The summed E-state index contributed by atoms with van der Waals surface area (Å²) in [6.07, 6.45) is 0. The zero-order valence-corrected chi connectivity index (χ0v) is 21.2.